The molecule has 2 N–H and O–H groups in total. The number of benzene rings is 3. The van der Waals surface area contributed by atoms with Crippen molar-refractivity contribution in [3.05, 3.63) is 90.4 Å². The first-order valence-electron chi connectivity index (χ1n) is 10.9. The number of nitrogens with one attached hydrogen (secondary N) is 2. The molecule has 0 atom stereocenters. The highest BCUT2D eigenvalue weighted by Crippen LogP contribution is 2.35. The first-order chi connectivity index (χ1) is 17.7. The number of carbonyl (C=O) groups excluding carboxylic acids is 3. The third kappa shape index (κ3) is 6.57. The number of halogens is 3. The number of nitrogens with zero attached hydrogens (tertiary/aromatic N) is 1. The number of urea groups is 1. The van der Waals surface area contributed by atoms with E-state index in [2.05, 4.69) is 55.8 Å². The maximum atomic E-state index is 13.8. The maximum absolute atomic E-state index is 13.8. The van der Waals surface area contributed by atoms with Crippen molar-refractivity contribution in [3.8, 4) is 11.5 Å². The highest BCUT2D eigenvalue weighted by Gasteiger charge is 2.35. The Morgan fingerprint density at radius 2 is 1.84 bits per heavy atom. The van der Waals surface area contributed by atoms with Gasteiger partial charge in [-0.3, -0.25) is 9.59 Å². The minimum absolute atomic E-state index is 0.00546. The molecule has 1 aliphatic heterocycles. The Kier molecular flexibility index (Phi) is 8.63. The van der Waals surface area contributed by atoms with Crippen molar-refractivity contribution in [2.75, 3.05) is 19.0 Å². The van der Waals surface area contributed by atoms with Crippen molar-refractivity contribution in [3.63, 3.8) is 0 Å². The zero-order valence-electron chi connectivity index (χ0n) is 19.4. The number of imide groups is 1. The average Bonchev–Trinajstić information content (AvgIpc) is 3.12. The largest absolute Gasteiger partial charge is 0.493 e. The van der Waals surface area contributed by atoms with Crippen LogP contribution in [0.1, 0.15) is 11.1 Å². The second-order valence-electron chi connectivity index (χ2n) is 7.86. The molecule has 0 saturated carbocycles. The summed E-state index contributed by atoms with van der Waals surface area (Å²) in [5.74, 6) is -0.996. The number of anilines is 1. The molecule has 4 rings (SSSR count). The van der Waals surface area contributed by atoms with E-state index in [9.17, 15) is 18.8 Å². The van der Waals surface area contributed by atoms with Gasteiger partial charge in [0.05, 0.1) is 16.4 Å². The van der Waals surface area contributed by atoms with Crippen LogP contribution in [0, 0.1) is 13.0 Å². The molecule has 1 fully saturated rings. The van der Waals surface area contributed by atoms with Crippen LogP contribution in [0.3, 0.4) is 0 Å². The maximum Gasteiger partial charge on any atom is 0.329 e. The smallest absolute Gasteiger partial charge is 0.329 e. The normalized spacial score (nSPS) is 14.1. The number of ether oxygens (including phenoxy) is 2. The highest BCUT2D eigenvalue weighted by atomic mass is 127. The van der Waals surface area contributed by atoms with Gasteiger partial charge in [-0.2, -0.15) is 0 Å². The number of amides is 4. The van der Waals surface area contributed by atoms with Gasteiger partial charge in [0.1, 0.15) is 24.7 Å². The van der Waals surface area contributed by atoms with Crippen LogP contribution in [0.4, 0.5) is 14.9 Å². The van der Waals surface area contributed by atoms with E-state index >= 15 is 0 Å². The van der Waals surface area contributed by atoms with Gasteiger partial charge in [-0.15, -0.1) is 0 Å². The van der Waals surface area contributed by atoms with Crippen LogP contribution in [-0.4, -0.2) is 36.4 Å². The Labute approximate surface area is 239 Å². The summed E-state index contributed by atoms with van der Waals surface area (Å²) in [6, 6.07) is 16.3. The van der Waals surface area contributed by atoms with Crippen LogP contribution in [0.25, 0.3) is 6.08 Å². The van der Waals surface area contributed by atoms with E-state index in [1.54, 1.807) is 18.2 Å². The summed E-state index contributed by atoms with van der Waals surface area (Å²) in [7, 11) is 1.51. The third-order valence-corrected chi connectivity index (χ3v) is 6.79. The van der Waals surface area contributed by atoms with Gasteiger partial charge >= 0.3 is 6.03 Å². The van der Waals surface area contributed by atoms with Gasteiger partial charge in [0.2, 0.25) is 5.91 Å². The van der Waals surface area contributed by atoms with E-state index in [-0.39, 0.29) is 11.4 Å². The van der Waals surface area contributed by atoms with Crippen LogP contribution in [0.5, 0.6) is 11.5 Å². The number of para-hydroxylation sites is 1. The minimum atomic E-state index is -0.751. The molecule has 0 aliphatic carbocycles. The molecule has 0 bridgehead atoms. The van der Waals surface area contributed by atoms with Gasteiger partial charge in [-0.05, 0) is 98.8 Å². The molecule has 190 valence electrons. The topological polar surface area (TPSA) is 97.0 Å². The molecule has 8 nitrogen and oxygen atoms in total. The zero-order valence-corrected chi connectivity index (χ0v) is 23.7. The van der Waals surface area contributed by atoms with Crippen molar-refractivity contribution >= 4 is 74.8 Å². The standard InChI is InChI=1S/C26H20FI2N3O5/c1-36-22-12-16(10-19(29)24(22)37-14-15-6-8-17(28)9-7-15)11-21-25(34)32(26(35)31-21)13-23(33)30-20-5-3-2-4-18(20)27/h2-12H,13-14H2,1H3,(H,30,33)(H,31,35)/b21-11+. The first-order valence-corrected chi connectivity index (χ1v) is 13.0. The Morgan fingerprint density at radius 3 is 2.54 bits per heavy atom. The van der Waals surface area contributed by atoms with E-state index in [1.165, 1.54) is 31.4 Å². The number of hydrogen-bond acceptors (Lipinski definition) is 5. The highest BCUT2D eigenvalue weighted by molar-refractivity contribution is 14.1. The molecule has 3 aromatic carbocycles. The third-order valence-electron chi connectivity index (χ3n) is 5.27. The molecule has 37 heavy (non-hydrogen) atoms. The molecule has 3 aromatic rings. The van der Waals surface area contributed by atoms with Crippen molar-refractivity contribution in [1.82, 2.24) is 10.2 Å². The summed E-state index contributed by atoms with van der Waals surface area (Å²) in [4.78, 5) is 38.3. The summed E-state index contributed by atoms with van der Waals surface area (Å²) in [5.41, 5.74) is 1.54. The fourth-order valence-electron chi connectivity index (χ4n) is 3.48. The molecule has 1 saturated heterocycles. The molecule has 11 heteroatoms. The lowest BCUT2D eigenvalue weighted by molar-refractivity contribution is -0.127. The first kappa shape index (κ1) is 26.9. The van der Waals surface area contributed by atoms with E-state index < -0.39 is 30.2 Å². The molecular formula is C26H20FI2N3O5. The Hall–Kier alpha value is -3.20. The molecule has 0 radical (unpaired) electrons. The monoisotopic (exact) mass is 727 g/mol. The summed E-state index contributed by atoms with van der Waals surface area (Å²) >= 11 is 4.35. The SMILES string of the molecule is COc1cc(/C=C2/NC(=O)N(CC(=O)Nc3ccccc3F)C2=O)cc(I)c1OCc1ccc(I)cc1. The van der Waals surface area contributed by atoms with Gasteiger partial charge in [-0.25, -0.2) is 14.1 Å². The molecule has 1 aliphatic rings. The molecule has 0 aromatic heterocycles. The summed E-state index contributed by atoms with van der Waals surface area (Å²) in [6.07, 6.45) is 1.49. The van der Waals surface area contributed by atoms with Crippen LogP contribution in [0.2, 0.25) is 0 Å². The fourth-order valence-corrected chi connectivity index (χ4v) is 4.62. The zero-order chi connectivity index (χ0) is 26.5. The Bertz CT molecular complexity index is 1400. The van der Waals surface area contributed by atoms with Gasteiger partial charge in [-0.1, -0.05) is 24.3 Å². The summed E-state index contributed by atoms with van der Waals surface area (Å²) in [5, 5.41) is 4.83. The van der Waals surface area contributed by atoms with Crippen LogP contribution < -0.4 is 20.1 Å². The van der Waals surface area contributed by atoms with Gasteiger partial charge in [0, 0.05) is 3.57 Å². The second-order valence-corrected chi connectivity index (χ2v) is 10.3. The molecule has 0 spiro atoms. The van der Waals surface area contributed by atoms with Crippen LogP contribution in [-0.2, 0) is 16.2 Å². The molecule has 4 amide bonds. The number of hydrogen-bond donors (Lipinski definition) is 2. The van der Waals surface area contributed by atoms with Gasteiger partial charge in [0.25, 0.3) is 5.91 Å². The average molecular weight is 727 g/mol. The predicted molar refractivity (Wildman–Crippen MR) is 152 cm³/mol. The lowest BCUT2D eigenvalue weighted by atomic mass is 10.1. The van der Waals surface area contributed by atoms with Gasteiger partial charge < -0.3 is 20.1 Å². The molecule has 0 unspecified atom stereocenters. The number of carbonyl (C=O) groups is 3. The summed E-state index contributed by atoms with van der Waals surface area (Å²) < 4.78 is 27.2. The Balaban J connectivity index is 1.47. The minimum Gasteiger partial charge on any atom is -0.493 e. The predicted octanol–water partition coefficient (Wildman–Crippen LogP) is 5.15. The Morgan fingerprint density at radius 1 is 1.11 bits per heavy atom. The van der Waals surface area contributed by atoms with Crippen molar-refractivity contribution in [2.45, 2.75) is 6.61 Å². The van der Waals surface area contributed by atoms with Crippen molar-refractivity contribution in [1.29, 1.82) is 0 Å². The quantitative estimate of drug-likeness (QED) is 0.190. The van der Waals surface area contributed by atoms with Crippen LogP contribution >= 0.6 is 45.2 Å². The van der Waals surface area contributed by atoms with Gasteiger partial charge in [0.15, 0.2) is 11.5 Å². The fraction of sp³-hybridized carbons (Fsp3) is 0.115. The van der Waals surface area contributed by atoms with Crippen LogP contribution in [0.15, 0.2) is 66.4 Å². The number of rotatable bonds is 8. The van der Waals surface area contributed by atoms with Crippen molar-refractivity contribution < 1.29 is 28.2 Å². The molecular weight excluding hydrogens is 707 g/mol. The lowest BCUT2D eigenvalue weighted by Crippen LogP contribution is -2.38. The van der Waals surface area contributed by atoms with E-state index in [1.807, 2.05) is 24.3 Å². The number of methoxy groups -OCH3 is 1. The summed E-state index contributed by atoms with van der Waals surface area (Å²) in [6.45, 7) is -0.218. The van der Waals surface area contributed by atoms with E-state index in [4.69, 9.17) is 9.47 Å². The van der Waals surface area contributed by atoms with E-state index in [0.717, 1.165) is 17.6 Å². The second kappa shape index (κ2) is 11.9. The lowest BCUT2D eigenvalue weighted by Gasteiger charge is -2.14. The molecule has 1 heterocycles. The van der Waals surface area contributed by atoms with Crippen molar-refractivity contribution in [2.24, 2.45) is 0 Å². The van der Waals surface area contributed by atoms with E-state index in [0.29, 0.717) is 23.7 Å².